The van der Waals surface area contributed by atoms with E-state index < -0.39 is 10.0 Å². The molecule has 0 radical (unpaired) electrons. The van der Waals surface area contributed by atoms with E-state index in [-0.39, 0.29) is 16.5 Å². The summed E-state index contributed by atoms with van der Waals surface area (Å²) in [6, 6.07) is 18.3. The standard InChI is InChI=1S/C22H21N5O4S/c1-30-16-11-15(12-17(13-16)31-2)24-21-22(26-20-9-4-3-8-19(20)25-21)27-32(28,29)18-7-5-6-14(23)10-18/h3-13H,23H2,1-2H3,(H,24,25)(H,26,27). The highest BCUT2D eigenvalue weighted by Gasteiger charge is 2.19. The zero-order valence-electron chi connectivity index (χ0n) is 17.4. The van der Waals surface area contributed by atoms with Crippen molar-refractivity contribution >= 4 is 44.1 Å². The number of sulfonamides is 1. The molecular weight excluding hydrogens is 430 g/mol. The van der Waals surface area contributed by atoms with Crippen LogP contribution in [0.4, 0.5) is 23.0 Å². The number of benzene rings is 3. The molecule has 0 unspecified atom stereocenters. The molecule has 1 heterocycles. The fraction of sp³-hybridized carbons (Fsp3) is 0.0909. The molecule has 0 aliphatic heterocycles. The van der Waals surface area contributed by atoms with Gasteiger partial charge in [0, 0.05) is 29.6 Å². The lowest BCUT2D eigenvalue weighted by Gasteiger charge is -2.15. The maximum atomic E-state index is 13.0. The van der Waals surface area contributed by atoms with Crippen LogP contribution in [-0.2, 0) is 10.0 Å². The van der Waals surface area contributed by atoms with Crippen LogP contribution in [0.25, 0.3) is 11.0 Å². The molecule has 1 aromatic heterocycles. The Morgan fingerprint density at radius 3 is 2.03 bits per heavy atom. The van der Waals surface area contributed by atoms with E-state index in [1.165, 1.54) is 12.1 Å². The average molecular weight is 452 g/mol. The Balaban J connectivity index is 1.79. The van der Waals surface area contributed by atoms with Crippen LogP contribution in [0.15, 0.2) is 71.6 Å². The summed E-state index contributed by atoms with van der Waals surface area (Å²) in [5.41, 5.74) is 7.79. The molecule has 164 valence electrons. The van der Waals surface area contributed by atoms with Crippen molar-refractivity contribution in [1.82, 2.24) is 9.97 Å². The second-order valence-corrected chi connectivity index (χ2v) is 8.50. The zero-order valence-corrected chi connectivity index (χ0v) is 18.2. The maximum Gasteiger partial charge on any atom is 0.263 e. The fourth-order valence-electron chi connectivity index (χ4n) is 3.04. The predicted molar refractivity (Wildman–Crippen MR) is 124 cm³/mol. The molecule has 0 atom stereocenters. The summed E-state index contributed by atoms with van der Waals surface area (Å²) in [5, 5.41) is 3.11. The molecule has 0 aliphatic carbocycles. The van der Waals surface area contributed by atoms with E-state index in [0.717, 1.165) is 0 Å². The van der Waals surface area contributed by atoms with Gasteiger partial charge in [0.1, 0.15) is 11.5 Å². The first-order valence-corrected chi connectivity index (χ1v) is 11.0. The number of para-hydroxylation sites is 2. The van der Waals surface area contributed by atoms with Crippen LogP contribution >= 0.6 is 0 Å². The fourth-order valence-corrected chi connectivity index (χ4v) is 4.11. The summed E-state index contributed by atoms with van der Waals surface area (Å²) >= 11 is 0. The van der Waals surface area contributed by atoms with E-state index in [4.69, 9.17) is 15.2 Å². The Hall–Kier alpha value is -4.05. The summed E-state index contributed by atoms with van der Waals surface area (Å²) in [6.07, 6.45) is 0. The molecule has 32 heavy (non-hydrogen) atoms. The molecule has 0 aliphatic rings. The van der Waals surface area contributed by atoms with Crippen molar-refractivity contribution < 1.29 is 17.9 Å². The number of methoxy groups -OCH3 is 2. The lowest BCUT2D eigenvalue weighted by Crippen LogP contribution is -2.16. The number of aromatic nitrogens is 2. The molecule has 0 saturated carbocycles. The molecule has 0 bridgehead atoms. The van der Waals surface area contributed by atoms with Gasteiger partial charge in [0.05, 0.1) is 30.1 Å². The maximum absolute atomic E-state index is 13.0. The van der Waals surface area contributed by atoms with Gasteiger partial charge in [0.2, 0.25) is 0 Å². The number of nitrogens with zero attached hydrogens (tertiary/aromatic N) is 2. The first kappa shape index (κ1) is 21.2. The minimum Gasteiger partial charge on any atom is -0.497 e. The summed E-state index contributed by atoms with van der Waals surface area (Å²) < 4.78 is 39.1. The van der Waals surface area contributed by atoms with Gasteiger partial charge in [-0.2, -0.15) is 0 Å². The third-order valence-corrected chi connectivity index (χ3v) is 5.92. The van der Waals surface area contributed by atoms with Gasteiger partial charge in [0.15, 0.2) is 11.6 Å². The molecule has 10 heteroatoms. The topological polar surface area (TPSA) is 128 Å². The minimum atomic E-state index is -3.97. The number of hydrogen-bond donors (Lipinski definition) is 3. The molecule has 4 N–H and O–H groups in total. The Morgan fingerprint density at radius 1 is 0.812 bits per heavy atom. The molecule has 0 saturated heterocycles. The largest absolute Gasteiger partial charge is 0.497 e. The molecule has 9 nitrogen and oxygen atoms in total. The highest BCUT2D eigenvalue weighted by molar-refractivity contribution is 7.92. The normalized spacial score (nSPS) is 11.2. The first-order valence-electron chi connectivity index (χ1n) is 9.53. The zero-order chi connectivity index (χ0) is 22.7. The number of fused-ring (bicyclic) bond motifs is 1. The van der Waals surface area contributed by atoms with E-state index in [2.05, 4.69) is 20.0 Å². The van der Waals surface area contributed by atoms with Gasteiger partial charge in [-0.1, -0.05) is 18.2 Å². The minimum absolute atomic E-state index is 0.0152. The van der Waals surface area contributed by atoms with Crippen molar-refractivity contribution in [2.75, 3.05) is 30.0 Å². The van der Waals surface area contributed by atoms with Crippen LogP contribution in [-0.4, -0.2) is 32.6 Å². The SMILES string of the molecule is COc1cc(Nc2nc3ccccc3nc2NS(=O)(=O)c2cccc(N)c2)cc(OC)c1. The van der Waals surface area contributed by atoms with Crippen molar-refractivity contribution in [3.63, 3.8) is 0 Å². The molecular formula is C22H21N5O4S. The van der Waals surface area contributed by atoms with Gasteiger partial charge in [-0.25, -0.2) is 18.4 Å². The Bertz CT molecular complexity index is 1370. The van der Waals surface area contributed by atoms with Gasteiger partial charge < -0.3 is 20.5 Å². The van der Waals surface area contributed by atoms with E-state index in [1.807, 2.05) is 6.07 Å². The Morgan fingerprint density at radius 2 is 1.44 bits per heavy atom. The number of hydrogen-bond acceptors (Lipinski definition) is 8. The van der Waals surface area contributed by atoms with Gasteiger partial charge in [-0.15, -0.1) is 0 Å². The summed E-state index contributed by atoms with van der Waals surface area (Å²) in [5.74, 6) is 1.37. The van der Waals surface area contributed by atoms with Crippen molar-refractivity contribution in [1.29, 1.82) is 0 Å². The smallest absolute Gasteiger partial charge is 0.263 e. The van der Waals surface area contributed by atoms with Crippen molar-refractivity contribution in [2.24, 2.45) is 0 Å². The van der Waals surface area contributed by atoms with Crippen LogP contribution in [0.3, 0.4) is 0 Å². The van der Waals surface area contributed by atoms with Gasteiger partial charge in [-0.3, -0.25) is 4.72 Å². The van der Waals surface area contributed by atoms with Crippen LogP contribution < -0.4 is 25.2 Å². The molecule has 3 aromatic carbocycles. The van der Waals surface area contributed by atoms with Crippen LogP contribution in [0, 0.1) is 0 Å². The quantitative estimate of drug-likeness (QED) is 0.362. The van der Waals surface area contributed by atoms with Crippen LogP contribution in [0.5, 0.6) is 11.5 Å². The first-order chi connectivity index (χ1) is 15.4. The van der Waals surface area contributed by atoms with E-state index in [9.17, 15) is 8.42 Å². The molecule has 0 spiro atoms. The highest BCUT2D eigenvalue weighted by atomic mass is 32.2. The van der Waals surface area contributed by atoms with Gasteiger partial charge >= 0.3 is 0 Å². The second-order valence-electron chi connectivity index (χ2n) is 6.81. The number of nitrogens with two attached hydrogens (primary N) is 1. The van der Waals surface area contributed by atoms with Crippen molar-refractivity contribution in [3.8, 4) is 11.5 Å². The Labute approximate surface area is 185 Å². The van der Waals surface area contributed by atoms with E-state index >= 15 is 0 Å². The number of rotatable bonds is 7. The molecule has 0 amide bonds. The number of nitrogen functional groups attached to an aromatic ring is 1. The monoisotopic (exact) mass is 451 g/mol. The molecule has 0 fully saturated rings. The van der Waals surface area contributed by atoms with Crippen LogP contribution in [0.1, 0.15) is 0 Å². The molecule has 4 rings (SSSR count). The number of nitrogens with one attached hydrogen (secondary N) is 2. The highest BCUT2D eigenvalue weighted by Crippen LogP contribution is 2.31. The van der Waals surface area contributed by atoms with Gasteiger partial charge in [-0.05, 0) is 30.3 Å². The lowest BCUT2D eigenvalue weighted by atomic mass is 10.2. The Kier molecular flexibility index (Phi) is 5.69. The lowest BCUT2D eigenvalue weighted by molar-refractivity contribution is 0.395. The average Bonchev–Trinajstić information content (AvgIpc) is 2.79. The van der Waals surface area contributed by atoms with Crippen LogP contribution in [0.2, 0.25) is 0 Å². The van der Waals surface area contributed by atoms with Gasteiger partial charge in [0.25, 0.3) is 10.0 Å². The second kappa shape index (κ2) is 8.60. The summed E-state index contributed by atoms with van der Waals surface area (Å²) in [4.78, 5) is 9.07. The summed E-state index contributed by atoms with van der Waals surface area (Å²) in [6.45, 7) is 0. The van der Waals surface area contributed by atoms with E-state index in [0.29, 0.717) is 33.9 Å². The third kappa shape index (κ3) is 4.49. The predicted octanol–water partition coefficient (Wildman–Crippen LogP) is 3.77. The molecule has 4 aromatic rings. The summed E-state index contributed by atoms with van der Waals surface area (Å²) in [7, 11) is -0.884. The third-order valence-electron chi connectivity index (χ3n) is 4.58. The van der Waals surface area contributed by atoms with E-state index in [1.54, 1.807) is 62.8 Å². The number of anilines is 4. The van der Waals surface area contributed by atoms with Crippen molar-refractivity contribution in [3.05, 3.63) is 66.7 Å². The number of ether oxygens (including phenoxy) is 2. The van der Waals surface area contributed by atoms with Crippen molar-refractivity contribution in [2.45, 2.75) is 4.90 Å².